The molecule has 16 heavy (non-hydrogen) atoms. The number of aliphatic hydroxyl groups excluding tert-OH is 1. The smallest absolute Gasteiger partial charge is 0.254 e. The first-order valence-electron chi connectivity index (χ1n) is 4.52. The number of carbonyl (C=O) groups excluding carboxylic acids is 1. The molecule has 2 N–H and O–H groups in total. The van der Waals surface area contributed by atoms with E-state index in [-0.39, 0.29) is 11.6 Å². The van der Waals surface area contributed by atoms with Gasteiger partial charge in [-0.2, -0.15) is 0 Å². The number of carbonyl (C=O) groups is 1. The average Bonchev–Trinajstić information content (AvgIpc) is 2.20. The summed E-state index contributed by atoms with van der Waals surface area (Å²) in [7, 11) is 0. The van der Waals surface area contributed by atoms with Crippen LogP contribution < -0.4 is 5.32 Å². The Morgan fingerprint density at radius 2 is 2.12 bits per heavy atom. The molecule has 1 amide bonds. The van der Waals surface area contributed by atoms with Gasteiger partial charge in [-0.15, -0.1) is 0 Å². The third-order valence-corrected chi connectivity index (χ3v) is 2.10. The Kier molecular flexibility index (Phi) is 4.20. The van der Waals surface area contributed by atoms with Crippen LogP contribution in [0.3, 0.4) is 0 Å². The first kappa shape index (κ1) is 12.9. The number of rotatable bonds is 3. The summed E-state index contributed by atoms with van der Waals surface area (Å²) < 4.78 is 26.2. The van der Waals surface area contributed by atoms with Crippen LogP contribution >= 0.6 is 11.6 Å². The maximum absolute atomic E-state index is 13.2. The van der Waals surface area contributed by atoms with Gasteiger partial charge in [-0.05, 0) is 19.1 Å². The molecule has 0 aliphatic heterocycles. The normalized spacial score (nSPS) is 12.3. The summed E-state index contributed by atoms with van der Waals surface area (Å²) in [4.78, 5) is 11.4. The van der Waals surface area contributed by atoms with Gasteiger partial charge in [0.05, 0.1) is 16.7 Å². The quantitative estimate of drug-likeness (QED) is 0.802. The summed E-state index contributed by atoms with van der Waals surface area (Å²) in [5, 5.41) is 10.8. The number of amides is 1. The predicted molar refractivity (Wildman–Crippen MR) is 55.4 cm³/mol. The van der Waals surface area contributed by atoms with Crippen molar-refractivity contribution in [2.75, 3.05) is 6.54 Å². The van der Waals surface area contributed by atoms with Crippen molar-refractivity contribution < 1.29 is 18.7 Å². The molecule has 3 nitrogen and oxygen atoms in total. The largest absolute Gasteiger partial charge is 0.392 e. The summed E-state index contributed by atoms with van der Waals surface area (Å²) in [6.07, 6.45) is -0.760. The molecule has 0 saturated heterocycles. The monoisotopic (exact) mass is 249 g/mol. The second-order valence-electron chi connectivity index (χ2n) is 3.31. The molecule has 1 rings (SSSR count). The summed E-state index contributed by atoms with van der Waals surface area (Å²) >= 11 is 5.33. The number of hydrogen-bond acceptors (Lipinski definition) is 2. The first-order valence-corrected chi connectivity index (χ1v) is 4.90. The summed E-state index contributed by atoms with van der Waals surface area (Å²) in [5.74, 6) is -2.58. The number of halogens is 3. The van der Waals surface area contributed by atoms with Crippen LogP contribution in [0.5, 0.6) is 0 Å². The molecule has 0 aromatic heterocycles. The van der Waals surface area contributed by atoms with E-state index >= 15 is 0 Å². The number of hydrogen-bond donors (Lipinski definition) is 2. The Labute approximate surface area is 96.0 Å². The van der Waals surface area contributed by atoms with Gasteiger partial charge in [-0.3, -0.25) is 4.79 Å². The standard InChI is InChI=1S/C10H10ClF2NO2/c1-5(15)4-14-10(16)6-2-9(13)7(11)3-8(6)12/h2-3,5,15H,4H2,1H3,(H,14,16). The summed E-state index contributed by atoms with van der Waals surface area (Å²) in [6, 6.07) is 1.45. The Hall–Kier alpha value is -1.20. The Balaban J connectivity index is 2.87. The van der Waals surface area contributed by atoms with Gasteiger partial charge in [0.15, 0.2) is 0 Å². The van der Waals surface area contributed by atoms with E-state index in [1.807, 2.05) is 0 Å². The highest BCUT2D eigenvalue weighted by atomic mass is 35.5. The molecule has 1 unspecified atom stereocenters. The van der Waals surface area contributed by atoms with Gasteiger partial charge in [-0.1, -0.05) is 11.6 Å². The van der Waals surface area contributed by atoms with Crippen molar-refractivity contribution in [3.8, 4) is 0 Å². The molecular formula is C10H10ClF2NO2. The minimum Gasteiger partial charge on any atom is -0.392 e. The lowest BCUT2D eigenvalue weighted by molar-refractivity contribution is 0.0919. The van der Waals surface area contributed by atoms with Crippen molar-refractivity contribution >= 4 is 17.5 Å². The molecule has 1 aromatic rings. The molecule has 6 heteroatoms. The second kappa shape index (κ2) is 5.23. The molecule has 1 aromatic carbocycles. The van der Waals surface area contributed by atoms with Gasteiger partial charge in [0, 0.05) is 6.54 Å². The van der Waals surface area contributed by atoms with Crippen LogP contribution in [0.4, 0.5) is 8.78 Å². The summed E-state index contributed by atoms with van der Waals surface area (Å²) in [6.45, 7) is 1.42. The average molecular weight is 250 g/mol. The Bertz CT molecular complexity index is 410. The molecule has 0 aliphatic carbocycles. The van der Waals surface area contributed by atoms with Gasteiger partial charge < -0.3 is 10.4 Å². The van der Waals surface area contributed by atoms with Crippen LogP contribution in [0.25, 0.3) is 0 Å². The zero-order valence-electron chi connectivity index (χ0n) is 8.43. The van der Waals surface area contributed by atoms with E-state index in [9.17, 15) is 13.6 Å². The van der Waals surface area contributed by atoms with E-state index in [1.165, 1.54) is 6.92 Å². The van der Waals surface area contributed by atoms with Gasteiger partial charge in [0.1, 0.15) is 11.6 Å². The van der Waals surface area contributed by atoms with E-state index in [1.54, 1.807) is 0 Å². The molecule has 0 saturated carbocycles. The van der Waals surface area contributed by atoms with Gasteiger partial charge in [0.2, 0.25) is 0 Å². The van der Waals surface area contributed by atoms with Gasteiger partial charge in [-0.25, -0.2) is 8.78 Å². The molecule has 1 atom stereocenters. The maximum atomic E-state index is 13.2. The Morgan fingerprint density at radius 1 is 1.50 bits per heavy atom. The van der Waals surface area contributed by atoms with Crippen LogP contribution in [0.2, 0.25) is 5.02 Å². The fourth-order valence-electron chi connectivity index (χ4n) is 1.03. The minimum absolute atomic E-state index is 0.0392. The molecule has 0 aliphatic rings. The highest BCUT2D eigenvalue weighted by molar-refractivity contribution is 6.30. The van der Waals surface area contributed by atoms with E-state index in [0.29, 0.717) is 0 Å². The van der Waals surface area contributed by atoms with Crippen molar-refractivity contribution in [1.82, 2.24) is 5.32 Å². The minimum atomic E-state index is -0.908. The van der Waals surface area contributed by atoms with Crippen LogP contribution in [0.1, 0.15) is 17.3 Å². The number of benzene rings is 1. The van der Waals surface area contributed by atoms with Crippen LogP contribution in [-0.4, -0.2) is 23.7 Å². The molecule has 0 fully saturated rings. The van der Waals surface area contributed by atoms with E-state index in [2.05, 4.69) is 5.32 Å². The number of aliphatic hydroxyl groups is 1. The van der Waals surface area contributed by atoms with Gasteiger partial charge >= 0.3 is 0 Å². The molecule has 0 radical (unpaired) electrons. The zero-order valence-corrected chi connectivity index (χ0v) is 9.18. The lowest BCUT2D eigenvalue weighted by atomic mass is 10.2. The number of nitrogens with one attached hydrogen (secondary N) is 1. The molecule has 0 spiro atoms. The van der Waals surface area contributed by atoms with Crippen molar-refractivity contribution in [3.63, 3.8) is 0 Å². The molecule has 0 bridgehead atoms. The van der Waals surface area contributed by atoms with Crippen molar-refractivity contribution in [2.45, 2.75) is 13.0 Å². The first-order chi connectivity index (χ1) is 7.41. The van der Waals surface area contributed by atoms with Crippen LogP contribution in [-0.2, 0) is 0 Å². The lowest BCUT2D eigenvalue weighted by Crippen LogP contribution is -2.31. The molecular weight excluding hydrogens is 240 g/mol. The molecule has 88 valence electrons. The Morgan fingerprint density at radius 3 is 2.69 bits per heavy atom. The van der Waals surface area contributed by atoms with Gasteiger partial charge in [0.25, 0.3) is 5.91 Å². The van der Waals surface area contributed by atoms with E-state index in [4.69, 9.17) is 16.7 Å². The maximum Gasteiger partial charge on any atom is 0.254 e. The fraction of sp³-hybridized carbons (Fsp3) is 0.300. The highest BCUT2D eigenvalue weighted by Gasteiger charge is 2.15. The fourth-order valence-corrected chi connectivity index (χ4v) is 1.18. The van der Waals surface area contributed by atoms with E-state index < -0.39 is 29.2 Å². The van der Waals surface area contributed by atoms with Crippen LogP contribution in [0.15, 0.2) is 12.1 Å². The third kappa shape index (κ3) is 3.15. The van der Waals surface area contributed by atoms with Crippen molar-refractivity contribution in [3.05, 3.63) is 34.4 Å². The van der Waals surface area contributed by atoms with E-state index in [0.717, 1.165) is 12.1 Å². The zero-order chi connectivity index (χ0) is 12.3. The van der Waals surface area contributed by atoms with Crippen LogP contribution in [0, 0.1) is 11.6 Å². The molecule has 0 heterocycles. The summed E-state index contributed by atoms with van der Waals surface area (Å²) in [5.41, 5.74) is -0.442. The van der Waals surface area contributed by atoms with Crippen molar-refractivity contribution in [2.24, 2.45) is 0 Å². The second-order valence-corrected chi connectivity index (χ2v) is 3.71. The predicted octanol–water partition coefficient (Wildman–Crippen LogP) is 1.73. The SMILES string of the molecule is CC(O)CNC(=O)c1cc(F)c(Cl)cc1F. The lowest BCUT2D eigenvalue weighted by Gasteiger charge is -2.08. The van der Waals surface area contributed by atoms with Crippen molar-refractivity contribution in [1.29, 1.82) is 0 Å². The third-order valence-electron chi connectivity index (χ3n) is 1.81. The topological polar surface area (TPSA) is 49.3 Å². The highest BCUT2D eigenvalue weighted by Crippen LogP contribution is 2.19.